The number of likely N-dealkylation sites (N-methyl/N-ethyl adjacent to an activating group) is 1. The van der Waals surface area contributed by atoms with Crippen LogP contribution in [-0.4, -0.2) is 67.4 Å². The fourth-order valence-electron chi connectivity index (χ4n) is 4.24. The molecule has 1 aliphatic heterocycles. The molecule has 204 valence electrons. The highest BCUT2D eigenvalue weighted by Gasteiger charge is 2.47. The third kappa shape index (κ3) is 5.34. The molecule has 2 aromatic heterocycles. The number of aromatic nitrogens is 4. The van der Waals surface area contributed by atoms with E-state index in [9.17, 15) is 28.2 Å². The molecule has 4 N–H and O–H groups in total. The van der Waals surface area contributed by atoms with Crippen molar-refractivity contribution in [1.82, 2.24) is 24.8 Å². The normalized spacial score (nSPS) is 21.2. The Morgan fingerprint density at radius 1 is 1.08 bits per heavy atom. The minimum Gasteiger partial charge on any atom is -0.405 e. The highest BCUT2D eigenvalue weighted by molar-refractivity contribution is 5.86. The second kappa shape index (κ2) is 10.5. The van der Waals surface area contributed by atoms with E-state index in [0.29, 0.717) is 6.54 Å². The minimum absolute atomic E-state index is 0.0524. The van der Waals surface area contributed by atoms with Gasteiger partial charge in [-0.15, -0.1) is 13.2 Å². The second-order valence-electron chi connectivity index (χ2n) is 8.65. The number of carbonyl (C=O) groups is 1. The number of halogens is 3. The lowest BCUT2D eigenvalue weighted by molar-refractivity contribution is -0.274. The van der Waals surface area contributed by atoms with Crippen LogP contribution >= 0.6 is 0 Å². The molecule has 1 amide bonds. The molecule has 1 saturated heterocycles. The van der Waals surface area contributed by atoms with Crippen LogP contribution in [0.4, 0.5) is 19.0 Å². The van der Waals surface area contributed by atoms with E-state index in [0.717, 1.165) is 11.6 Å². The van der Waals surface area contributed by atoms with E-state index in [1.54, 1.807) is 0 Å². The number of carbonyl (C=O) groups excluding carboxylic acids is 1. The van der Waals surface area contributed by atoms with Gasteiger partial charge in [0.05, 0.1) is 11.9 Å². The zero-order valence-electron chi connectivity index (χ0n) is 20.3. The van der Waals surface area contributed by atoms with Crippen LogP contribution < -0.4 is 15.4 Å². The topological polar surface area (TPSA) is 144 Å². The van der Waals surface area contributed by atoms with E-state index in [4.69, 9.17) is 4.74 Å². The Balaban J connectivity index is 1.62. The van der Waals surface area contributed by atoms with Crippen molar-refractivity contribution < 1.29 is 37.7 Å². The third-order valence-electron chi connectivity index (χ3n) is 6.10. The van der Waals surface area contributed by atoms with Gasteiger partial charge in [-0.3, -0.25) is 9.36 Å². The fourth-order valence-corrected chi connectivity index (χ4v) is 4.24. The van der Waals surface area contributed by atoms with Gasteiger partial charge in [0.15, 0.2) is 35.1 Å². The second-order valence-corrected chi connectivity index (χ2v) is 8.65. The van der Waals surface area contributed by atoms with E-state index < -0.39 is 42.6 Å². The van der Waals surface area contributed by atoms with E-state index in [-0.39, 0.29) is 28.4 Å². The molecular formula is C25H23F3N6O5. The van der Waals surface area contributed by atoms with Gasteiger partial charge < -0.3 is 30.3 Å². The molecule has 14 heteroatoms. The zero-order valence-corrected chi connectivity index (χ0v) is 20.3. The van der Waals surface area contributed by atoms with Crippen LogP contribution in [0, 0.1) is 0 Å². The number of benzene rings is 2. The van der Waals surface area contributed by atoms with E-state index in [1.807, 2.05) is 30.3 Å². The van der Waals surface area contributed by atoms with Crippen LogP contribution in [0.5, 0.6) is 5.75 Å². The van der Waals surface area contributed by atoms with Gasteiger partial charge in [0, 0.05) is 13.6 Å². The number of rotatable bonds is 7. The molecule has 1 fully saturated rings. The number of amides is 1. The summed E-state index contributed by atoms with van der Waals surface area (Å²) in [5.74, 6) is -1.10. The number of imidazole rings is 1. The Hall–Kier alpha value is -4.27. The minimum atomic E-state index is -4.96. The molecule has 2 aromatic carbocycles. The molecule has 0 unspecified atom stereocenters. The van der Waals surface area contributed by atoms with Crippen molar-refractivity contribution in [3.05, 3.63) is 66.5 Å². The van der Waals surface area contributed by atoms with Crippen molar-refractivity contribution >= 4 is 22.9 Å². The number of hydrogen-bond donors (Lipinski definition) is 4. The first-order valence-corrected chi connectivity index (χ1v) is 11.8. The summed E-state index contributed by atoms with van der Waals surface area (Å²) >= 11 is 0. The third-order valence-corrected chi connectivity index (χ3v) is 6.10. The number of hydrogen-bond acceptors (Lipinski definition) is 9. The van der Waals surface area contributed by atoms with Crippen LogP contribution in [0.1, 0.15) is 11.8 Å². The quantitative estimate of drug-likeness (QED) is 0.276. The van der Waals surface area contributed by atoms with Crippen molar-refractivity contribution in [1.29, 1.82) is 0 Å². The molecule has 0 radical (unpaired) electrons. The van der Waals surface area contributed by atoms with Gasteiger partial charge in [0.2, 0.25) is 0 Å². The number of nitrogens with one attached hydrogen (secondary N) is 2. The van der Waals surface area contributed by atoms with E-state index in [1.165, 1.54) is 36.1 Å². The lowest BCUT2D eigenvalue weighted by atomic mass is 10.1. The molecule has 0 aliphatic carbocycles. The number of aliphatic hydroxyl groups excluding tert-OH is 2. The highest BCUT2D eigenvalue weighted by Crippen LogP contribution is 2.36. The summed E-state index contributed by atoms with van der Waals surface area (Å²) in [7, 11) is 1.36. The van der Waals surface area contributed by atoms with Gasteiger partial charge in [0.25, 0.3) is 5.91 Å². The van der Waals surface area contributed by atoms with Crippen LogP contribution in [0.3, 0.4) is 0 Å². The van der Waals surface area contributed by atoms with Crippen molar-refractivity contribution in [2.75, 3.05) is 12.4 Å². The standard InChI is InChI=1S/C25H23F3N6O5/c1-29-23(37)19-17(35)18(36)24(38-19)34-12-31-16-21(30-11-13-7-3-2-4-8-13)32-20(33-22(16)34)14-9-5-6-10-15(14)39-25(26,27)28/h2-10,12,17-19,24,35-36H,11H2,1H3,(H,29,37)(H,30,32,33)/t17-,18+,19-,24+/m0/s1. The highest BCUT2D eigenvalue weighted by atomic mass is 19.4. The number of fused-ring (bicyclic) bond motifs is 1. The van der Waals surface area contributed by atoms with Crippen LogP contribution in [0.25, 0.3) is 22.6 Å². The van der Waals surface area contributed by atoms with Crippen molar-refractivity contribution in [3.63, 3.8) is 0 Å². The molecule has 4 aromatic rings. The van der Waals surface area contributed by atoms with E-state index in [2.05, 4.69) is 30.3 Å². The maximum Gasteiger partial charge on any atom is 0.573 e. The molecule has 1 aliphatic rings. The predicted molar refractivity (Wildman–Crippen MR) is 131 cm³/mol. The van der Waals surface area contributed by atoms with Crippen molar-refractivity contribution in [2.24, 2.45) is 0 Å². The molecular weight excluding hydrogens is 521 g/mol. The summed E-state index contributed by atoms with van der Waals surface area (Å²) in [6.07, 6.45) is -9.41. The summed E-state index contributed by atoms with van der Waals surface area (Å²) in [4.78, 5) is 25.4. The predicted octanol–water partition coefficient (Wildman–Crippen LogP) is 2.37. The summed E-state index contributed by atoms with van der Waals surface area (Å²) in [5.41, 5.74) is 1.14. The molecule has 11 nitrogen and oxygen atoms in total. The summed E-state index contributed by atoms with van der Waals surface area (Å²) in [6, 6.07) is 14.7. The molecule has 39 heavy (non-hydrogen) atoms. The molecule has 0 saturated carbocycles. The first-order chi connectivity index (χ1) is 18.7. The van der Waals surface area contributed by atoms with Gasteiger partial charge >= 0.3 is 6.36 Å². The first kappa shape index (κ1) is 26.3. The van der Waals surface area contributed by atoms with Crippen LogP contribution in [0.15, 0.2) is 60.9 Å². The van der Waals surface area contributed by atoms with E-state index >= 15 is 0 Å². The summed E-state index contributed by atoms with van der Waals surface area (Å²) in [6.45, 7) is 0.306. The first-order valence-electron chi connectivity index (χ1n) is 11.8. The number of alkyl halides is 3. The maximum absolute atomic E-state index is 13.1. The van der Waals surface area contributed by atoms with Gasteiger partial charge in [-0.05, 0) is 17.7 Å². The summed E-state index contributed by atoms with van der Waals surface area (Å²) in [5, 5.41) is 26.6. The van der Waals surface area contributed by atoms with Gasteiger partial charge in [-0.25, -0.2) is 15.0 Å². The fraction of sp³-hybridized carbons (Fsp3) is 0.280. The van der Waals surface area contributed by atoms with Crippen LogP contribution in [-0.2, 0) is 16.1 Å². The Morgan fingerprint density at radius 2 is 1.79 bits per heavy atom. The number of nitrogens with zero attached hydrogens (tertiary/aromatic N) is 4. The molecule has 0 bridgehead atoms. The average molecular weight is 544 g/mol. The summed E-state index contributed by atoms with van der Waals surface area (Å²) < 4.78 is 50.5. The number of anilines is 1. The molecule has 5 rings (SSSR count). The zero-order chi connectivity index (χ0) is 27.7. The Morgan fingerprint density at radius 3 is 2.51 bits per heavy atom. The van der Waals surface area contributed by atoms with Crippen molar-refractivity contribution in [2.45, 2.75) is 37.4 Å². The lowest BCUT2D eigenvalue weighted by Crippen LogP contribution is -2.41. The van der Waals surface area contributed by atoms with Crippen LogP contribution in [0.2, 0.25) is 0 Å². The SMILES string of the molecule is CNC(=O)[C@H]1O[C@@H](n2cnc3c(NCc4ccccc4)nc(-c4ccccc4OC(F)(F)F)nc32)[C@H](O)[C@@H]1O. The van der Waals surface area contributed by atoms with Crippen molar-refractivity contribution in [3.8, 4) is 17.1 Å². The Labute approximate surface area is 219 Å². The lowest BCUT2D eigenvalue weighted by Gasteiger charge is -2.17. The monoisotopic (exact) mass is 544 g/mol. The molecule has 3 heterocycles. The maximum atomic E-state index is 13.1. The Bertz CT molecular complexity index is 1480. The van der Waals surface area contributed by atoms with Gasteiger partial charge in [0.1, 0.15) is 18.0 Å². The number of ether oxygens (including phenoxy) is 2. The molecule has 0 spiro atoms. The molecule has 4 atom stereocenters. The Kier molecular flexibility index (Phi) is 7.08. The average Bonchev–Trinajstić information content (AvgIpc) is 3.47. The van der Waals surface area contributed by atoms with Gasteiger partial charge in [-0.2, -0.15) is 0 Å². The van der Waals surface area contributed by atoms with Gasteiger partial charge in [-0.1, -0.05) is 42.5 Å². The number of para-hydroxylation sites is 1. The number of aliphatic hydroxyl groups is 2. The smallest absolute Gasteiger partial charge is 0.405 e. The largest absolute Gasteiger partial charge is 0.573 e.